The first-order valence-electron chi connectivity index (χ1n) is 8.93. The molecule has 2 aromatic carbocycles. The number of aromatic amines is 1. The number of nitrogens with zero attached hydrogens (tertiary/aromatic N) is 2. The van der Waals surface area contributed by atoms with E-state index in [4.69, 9.17) is 12.2 Å². The molecule has 2 N–H and O–H groups in total. The predicted molar refractivity (Wildman–Crippen MR) is 121 cm³/mol. The van der Waals surface area contributed by atoms with E-state index >= 15 is 0 Å². The van der Waals surface area contributed by atoms with Crippen molar-refractivity contribution < 1.29 is 13.6 Å². The number of aromatic nitrogens is 3. The minimum absolute atomic E-state index is 0.0946. The lowest BCUT2D eigenvalue weighted by Crippen LogP contribution is -2.16. The van der Waals surface area contributed by atoms with E-state index < -0.39 is 17.5 Å². The molecule has 0 spiro atoms. The first kappa shape index (κ1) is 21.3. The van der Waals surface area contributed by atoms with Crippen molar-refractivity contribution in [3.63, 3.8) is 0 Å². The van der Waals surface area contributed by atoms with E-state index in [-0.39, 0.29) is 22.2 Å². The number of hydrogen-bond donors (Lipinski definition) is 2. The topological polar surface area (TPSA) is 79.8 Å². The Morgan fingerprint density at radius 2 is 2.03 bits per heavy atom. The van der Waals surface area contributed by atoms with Crippen LogP contribution in [0.3, 0.4) is 0 Å². The Labute approximate surface area is 188 Å². The highest BCUT2D eigenvalue weighted by Crippen LogP contribution is 2.26. The lowest BCUT2D eigenvalue weighted by molar-refractivity contribution is -0.113. The van der Waals surface area contributed by atoms with Crippen molar-refractivity contribution in [3.05, 3.63) is 74.0 Å². The van der Waals surface area contributed by atoms with Gasteiger partial charge in [0.25, 0.3) is 5.56 Å². The molecule has 2 aromatic heterocycles. The number of fused-ring (bicyclic) bond motifs is 1. The van der Waals surface area contributed by atoms with Gasteiger partial charge < -0.3 is 10.3 Å². The number of para-hydroxylation sites is 1. The Morgan fingerprint density at radius 1 is 1.26 bits per heavy atom. The summed E-state index contributed by atoms with van der Waals surface area (Å²) >= 11 is 7.63. The molecule has 4 rings (SSSR count). The van der Waals surface area contributed by atoms with Crippen LogP contribution >= 0.6 is 35.3 Å². The number of thioether (sulfide) groups is 1. The number of anilines is 1. The number of rotatable bonds is 5. The maximum Gasteiger partial charge on any atom is 0.271 e. The van der Waals surface area contributed by atoms with E-state index in [0.717, 1.165) is 46.5 Å². The van der Waals surface area contributed by atoms with Crippen molar-refractivity contribution in [2.45, 2.75) is 12.1 Å². The molecule has 2 heterocycles. The summed E-state index contributed by atoms with van der Waals surface area (Å²) in [4.78, 5) is 31.9. The minimum Gasteiger partial charge on any atom is -0.325 e. The van der Waals surface area contributed by atoms with Gasteiger partial charge in [0.05, 0.1) is 11.4 Å². The molecule has 0 aliphatic heterocycles. The van der Waals surface area contributed by atoms with Gasteiger partial charge in [-0.3, -0.25) is 14.2 Å². The summed E-state index contributed by atoms with van der Waals surface area (Å²) in [5.41, 5.74) is 1.99. The molecule has 158 valence electrons. The molecular weight excluding hydrogens is 462 g/mol. The highest BCUT2D eigenvalue weighted by atomic mass is 32.2. The van der Waals surface area contributed by atoms with Crippen LogP contribution in [0.2, 0.25) is 0 Å². The van der Waals surface area contributed by atoms with E-state index in [9.17, 15) is 18.4 Å². The number of halogens is 2. The molecule has 0 saturated carbocycles. The second kappa shape index (κ2) is 8.69. The highest BCUT2D eigenvalue weighted by molar-refractivity contribution is 7.99. The first-order valence-corrected chi connectivity index (χ1v) is 11.1. The molecule has 0 saturated heterocycles. The second-order valence-corrected chi connectivity index (χ2v) is 9.09. The molecule has 0 radical (unpaired) electrons. The summed E-state index contributed by atoms with van der Waals surface area (Å²) in [6.45, 7) is 1.94. The van der Waals surface area contributed by atoms with Crippen LogP contribution in [0.1, 0.15) is 5.56 Å². The van der Waals surface area contributed by atoms with Crippen molar-refractivity contribution in [2.24, 2.45) is 0 Å². The lowest BCUT2D eigenvalue weighted by Gasteiger charge is -2.08. The molecule has 0 bridgehead atoms. The van der Waals surface area contributed by atoms with E-state index in [1.54, 1.807) is 4.57 Å². The fourth-order valence-corrected chi connectivity index (χ4v) is 4.81. The third-order valence-corrected chi connectivity index (χ3v) is 6.56. The molecule has 0 atom stereocenters. The molecule has 0 fully saturated rings. The largest absolute Gasteiger partial charge is 0.325 e. The summed E-state index contributed by atoms with van der Waals surface area (Å²) in [6.07, 6.45) is 0. The molecule has 0 aliphatic rings. The fraction of sp³-hybridized carbons (Fsp3) is 0.100. The quantitative estimate of drug-likeness (QED) is 0.245. The van der Waals surface area contributed by atoms with Gasteiger partial charge in [-0.15, -0.1) is 0 Å². The normalized spacial score (nSPS) is 11.1. The number of hydrogen-bond acceptors (Lipinski definition) is 6. The van der Waals surface area contributed by atoms with Gasteiger partial charge in [0.1, 0.15) is 4.70 Å². The van der Waals surface area contributed by atoms with E-state index in [2.05, 4.69) is 15.3 Å². The molecule has 4 aromatic rings. The number of benzene rings is 2. The van der Waals surface area contributed by atoms with Crippen LogP contribution in [-0.2, 0) is 4.79 Å². The van der Waals surface area contributed by atoms with E-state index in [1.807, 2.05) is 31.2 Å². The number of thiazole rings is 1. The Kier molecular flexibility index (Phi) is 5.99. The van der Waals surface area contributed by atoms with Gasteiger partial charge in [-0.1, -0.05) is 41.3 Å². The van der Waals surface area contributed by atoms with Crippen molar-refractivity contribution in [1.82, 2.24) is 14.5 Å². The standard InChI is InChI=1S/C20H14F2N4O2S3/c1-10-4-2-3-5-14(10)26-17-16(31-20(26)29)18(28)25-19(24-17)30-9-15(27)23-11-6-7-12(21)13(22)8-11/h2-8H,9H2,1H3,(H,23,27)(H,24,25,28). The molecule has 11 heteroatoms. The van der Waals surface area contributed by atoms with Crippen LogP contribution in [0.5, 0.6) is 0 Å². The predicted octanol–water partition coefficient (Wildman–Crippen LogP) is 4.82. The van der Waals surface area contributed by atoms with Crippen LogP contribution in [0, 0.1) is 22.5 Å². The minimum atomic E-state index is -1.06. The summed E-state index contributed by atoms with van der Waals surface area (Å²) < 4.78 is 28.9. The number of amides is 1. The van der Waals surface area contributed by atoms with Crippen LogP contribution in [0.15, 0.2) is 52.4 Å². The molecule has 0 aliphatic carbocycles. The SMILES string of the molecule is Cc1ccccc1-n1c(=S)sc2c(=O)[nH]c(SCC(=O)Nc3ccc(F)c(F)c3)nc21. The molecule has 1 amide bonds. The summed E-state index contributed by atoms with van der Waals surface area (Å²) in [5, 5.41) is 2.72. The Hall–Kier alpha value is -2.89. The van der Waals surface area contributed by atoms with E-state index in [0.29, 0.717) is 14.3 Å². The summed E-state index contributed by atoms with van der Waals surface area (Å²) in [6, 6.07) is 10.7. The Bertz CT molecular complexity index is 1430. The third kappa shape index (κ3) is 4.43. The van der Waals surface area contributed by atoms with Gasteiger partial charge in [-0.2, -0.15) is 0 Å². The Balaban J connectivity index is 1.60. The van der Waals surface area contributed by atoms with Gasteiger partial charge in [-0.05, 0) is 42.9 Å². The average molecular weight is 477 g/mol. The summed E-state index contributed by atoms with van der Waals surface area (Å²) in [7, 11) is 0. The molecule has 0 unspecified atom stereocenters. The van der Waals surface area contributed by atoms with Crippen molar-refractivity contribution in [3.8, 4) is 5.69 Å². The van der Waals surface area contributed by atoms with Crippen molar-refractivity contribution in [2.75, 3.05) is 11.1 Å². The number of nitrogens with one attached hydrogen (secondary N) is 2. The average Bonchev–Trinajstić information content (AvgIpc) is 3.06. The van der Waals surface area contributed by atoms with Crippen LogP contribution in [0.25, 0.3) is 16.0 Å². The van der Waals surface area contributed by atoms with Gasteiger partial charge in [0.15, 0.2) is 26.4 Å². The highest BCUT2D eigenvalue weighted by Gasteiger charge is 2.16. The monoisotopic (exact) mass is 476 g/mol. The first-order chi connectivity index (χ1) is 14.8. The molecule has 6 nitrogen and oxygen atoms in total. The maximum absolute atomic E-state index is 13.3. The van der Waals surface area contributed by atoms with Gasteiger partial charge in [0, 0.05) is 11.8 Å². The Morgan fingerprint density at radius 3 is 2.77 bits per heavy atom. The fourth-order valence-electron chi connectivity index (χ4n) is 2.89. The van der Waals surface area contributed by atoms with Gasteiger partial charge in [-0.25, -0.2) is 13.8 Å². The smallest absolute Gasteiger partial charge is 0.271 e. The van der Waals surface area contributed by atoms with Gasteiger partial charge >= 0.3 is 0 Å². The third-order valence-electron chi connectivity index (χ3n) is 4.32. The van der Waals surface area contributed by atoms with Crippen LogP contribution < -0.4 is 10.9 Å². The van der Waals surface area contributed by atoms with Crippen LogP contribution in [0.4, 0.5) is 14.5 Å². The summed E-state index contributed by atoms with van der Waals surface area (Å²) in [5.74, 6) is -2.61. The number of aryl methyl sites for hydroxylation is 1. The zero-order chi connectivity index (χ0) is 22.1. The maximum atomic E-state index is 13.3. The van der Waals surface area contributed by atoms with Gasteiger partial charge in [0.2, 0.25) is 5.91 Å². The second-order valence-electron chi connectivity index (χ2n) is 6.48. The zero-order valence-electron chi connectivity index (χ0n) is 15.9. The van der Waals surface area contributed by atoms with Crippen LogP contribution in [-0.4, -0.2) is 26.2 Å². The zero-order valence-corrected chi connectivity index (χ0v) is 18.4. The number of carbonyl (C=O) groups excluding carboxylic acids is 1. The lowest BCUT2D eigenvalue weighted by atomic mass is 10.2. The van der Waals surface area contributed by atoms with E-state index in [1.165, 1.54) is 6.07 Å². The molecular formula is C20H14F2N4O2S3. The van der Waals surface area contributed by atoms with Crippen molar-refractivity contribution in [1.29, 1.82) is 0 Å². The van der Waals surface area contributed by atoms with Crippen molar-refractivity contribution >= 4 is 57.3 Å². The number of carbonyl (C=O) groups is 1. The number of H-pyrrole nitrogens is 1. The molecule has 31 heavy (non-hydrogen) atoms.